The maximum atomic E-state index is 11.6. The molecule has 4 aromatic rings. The lowest BCUT2D eigenvalue weighted by atomic mass is 10.3. The number of hydrogen-bond donors (Lipinski definition) is 2. The van der Waals surface area contributed by atoms with E-state index in [9.17, 15) is 4.79 Å². The van der Waals surface area contributed by atoms with Crippen LogP contribution in [-0.4, -0.2) is 51.8 Å². The molecule has 0 saturated carbocycles. The number of aromatic nitrogens is 4. The highest BCUT2D eigenvalue weighted by molar-refractivity contribution is 5.98. The van der Waals surface area contributed by atoms with Crippen molar-refractivity contribution in [2.75, 3.05) is 41.8 Å². The third-order valence-corrected chi connectivity index (χ3v) is 5.17. The van der Waals surface area contributed by atoms with E-state index in [1.165, 1.54) is 6.08 Å². The molecule has 10 heteroatoms. The van der Waals surface area contributed by atoms with Crippen LogP contribution in [0.1, 0.15) is 0 Å². The fourth-order valence-electron chi connectivity index (χ4n) is 3.53. The molecule has 1 aromatic carbocycles. The zero-order valence-electron chi connectivity index (χ0n) is 18.3. The number of pyridine rings is 2. The SMILES string of the molecule is C=CC(=O)Nc1cccc(Oc2cccc3nc(Nc4ccc(N5CCOCC5)nc4)nn23)c1. The van der Waals surface area contributed by atoms with Crippen molar-refractivity contribution in [3.63, 3.8) is 0 Å². The molecule has 2 N–H and O–H groups in total. The van der Waals surface area contributed by atoms with Crippen LogP contribution >= 0.6 is 0 Å². The summed E-state index contributed by atoms with van der Waals surface area (Å²) in [5, 5.41) is 10.4. The highest BCUT2D eigenvalue weighted by Crippen LogP contribution is 2.26. The van der Waals surface area contributed by atoms with E-state index >= 15 is 0 Å². The van der Waals surface area contributed by atoms with Crippen molar-refractivity contribution < 1.29 is 14.3 Å². The third-order valence-electron chi connectivity index (χ3n) is 5.17. The molecule has 0 atom stereocenters. The number of morpholine rings is 1. The predicted molar refractivity (Wildman–Crippen MR) is 129 cm³/mol. The molecule has 1 saturated heterocycles. The van der Waals surface area contributed by atoms with E-state index in [4.69, 9.17) is 9.47 Å². The number of ether oxygens (including phenoxy) is 2. The van der Waals surface area contributed by atoms with Gasteiger partial charge in [0.05, 0.1) is 25.1 Å². The lowest BCUT2D eigenvalue weighted by molar-refractivity contribution is -0.111. The lowest BCUT2D eigenvalue weighted by Crippen LogP contribution is -2.36. The average molecular weight is 457 g/mol. The monoisotopic (exact) mass is 457 g/mol. The van der Waals surface area contributed by atoms with Crippen LogP contribution in [-0.2, 0) is 9.53 Å². The van der Waals surface area contributed by atoms with Gasteiger partial charge in [-0.1, -0.05) is 18.7 Å². The Hall–Kier alpha value is -4.44. The minimum absolute atomic E-state index is 0.293. The maximum Gasteiger partial charge on any atom is 0.247 e. The van der Waals surface area contributed by atoms with Gasteiger partial charge in [-0.25, -0.2) is 4.98 Å². The Labute approximate surface area is 195 Å². The Morgan fingerprint density at radius 3 is 2.74 bits per heavy atom. The van der Waals surface area contributed by atoms with E-state index in [0.29, 0.717) is 42.1 Å². The number of hydrogen-bond acceptors (Lipinski definition) is 8. The Kier molecular flexibility index (Phi) is 6.04. The highest BCUT2D eigenvalue weighted by atomic mass is 16.5. The number of carbonyl (C=O) groups is 1. The number of nitrogens with one attached hydrogen (secondary N) is 2. The summed E-state index contributed by atoms with van der Waals surface area (Å²) in [5.74, 6) is 2.06. The average Bonchev–Trinajstić information content (AvgIpc) is 3.29. The van der Waals surface area contributed by atoms with Gasteiger partial charge in [-0.05, 0) is 36.4 Å². The minimum Gasteiger partial charge on any atom is -0.439 e. The Balaban J connectivity index is 1.32. The van der Waals surface area contributed by atoms with E-state index in [-0.39, 0.29) is 5.91 Å². The van der Waals surface area contributed by atoms with Crippen LogP contribution in [0, 0.1) is 0 Å². The summed E-state index contributed by atoms with van der Waals surface area (Å²) >= 11 is 0. The van der Waals surface area contributed by atoms with E-state index < -0.39 is 0 Å². The van der Waals surface area contributed by atoms with Gasteiger partial charge in [-0.15, -0.1) is 5.10 Å². The molecule has 1 fully saturated rings. The number of anilines is 4. The lowest BCUT2D eigenvalue weighted by Gasteiger charge is -2.27. The van der Waals surface area contributed by atoms with Gasteiger partial charge in [0, 0.05) is 30.9 Å². The molecule has 10 nitrogen and oxygen atoms in total. The predicted octanol–water partition coefficient (Wildman–Crippen LogP) is 3.62. The molecule has 0 spiro atoms. The summed E-state index contributed by atoms with van der Waals surface area (Å²) < 4.78 is 13.0. The number of nitrogens with zero attached hydrogens (tertiary/aromatic N) is 5. The quantitative estimate of drug-likeness (QED) is 0.406. The fourth-order valence-corrected chi connectivity index (χ4v) is 3.53. The second kappa shape index (κ2) is 9.59. The molecule has 5 rings (SSSR count). The zero-order valence-corrected chi connectivity index (χ0v) is 18.3. The maximum absolute atomic E-state index is 11.6. The van der Waals surface area contributed by atoms with Crippen molar-refractivity contribution in [2.24, 2.45) is 0 Å². The van der Waals surface area contributed by atoms with Crippen molar-refractivity contribution in [3.05, 3.63) is 73.4 Å². The van der Waals surface area contributed by atoms with Gasteiger partial charge in [0.2, 0.25) is 17.7 Å². The molecule has 34 heavy (non-hydrogen) atoms. The van der Waals surface area contributed by atoms with Crippen LogP contribution in [0.4, 0.5) is 23.1 Å². The first kappa shape index (κ1) is 21.4. The van der Waals surface area contributed by atoms with Crippen LogP contribution in [0.25, 0.3) is 5.65 Å². The second-order valence-electron chi connectivity index (χ2n) is 7.52. The van der Waals surface area contributed by atoms with E-state index in [1.54, 1.807) is 41.0 Å². The Morgan fingerprint density at radius 2 is 1.94 bits per heavy atom. The van der Waals surface area contributed by atoms with Gasteiger partial charge in [-0.2, -0.15) is 9.50 Å². The molecule has 0 unspecified atom stereocenters. The molecule has 4 heterocycles. The summed E-state index contributed by atoms with van der Waals surface area (Å²) in [5.41, 5.74) is 2.00. The molecule has 1 amide bonds. The van der Waals surface area contributed by atoms with Crippen molar-refractivity contribution in [3.8, 4) is 11.6 Å². The first-order valence-corrected chi connectivity index (χ1v) is 10.8. The summed E-state index contributed by atoms with van der Waals surface area (Å²) in [4.78, 5) is 22.8. The standard InChI is InChI=1S/C24H23N7O3/c1-2-22(32)26-17-5-3-6-19(15-17)34-23-8-4-7-21-28-24(29-31(21)23)27-18-9-10-20(25-16-18)30-11-13-33-14-12-30/h2-10,15-16H,1,11-14H2,(H,26,32)(H,27,29). The molecular formula is C24H23N7O3. The first-order chi connectivity index (χ1) is 16.7. The largest absolute Gasteiger partial charge is 0.439 e. The van der Waals surface area contributed by atoms with E-state index in [0.717, 1.165) is 24.6 Å². The van der Waals surface area contributed by atoms with Crippen molar-refractivity contribution >= 4 is 34.7 Å². The van der Waals surface area contributed by atoms with Gasteiger partial charge in [0.25, 0.3) is 0 Å². The van der Waals surface area contributed by atoms with Crippen LogP contribution < -0.4 is 20.3 Å². The van der Waals surface area contributed by atoms with Crippen molar-refractivity contribution in [1.82, 2.24) is 19.6 Å². The van der Waals surface area contributed by atoms with Crippen molar-refractivity contribution in [1.29, 1.82) is 0 Å². The van der Waals surface area contributed by atoms with Crippen LogP contribution in [0.3, 0.4) is 0 Å². The second-order valence-corrected chi connectivity index (χ2v) is 7.52. The summed E-state index contributed by atoms with van der Waals surface area (Å²) in [6.07, 6.45) is 2.97. The number of fused-ring (bicyclic) bond motifs is 1. The highest BCUT2D eigenvalue weighted by Gasteiger charge is 2.13. The Bertz CT molecular complexity index is 1310. The first-order valence-electron chi connectivity index (χ1n) is 10.8. The van der Waals surface area contributed by atoms with Gasteiger partial charge < -0.3 is 25.0 Å². The summed E-state index contributed by atoms with van der Waals surface area (Å²) in [7, 11) is 0. The molecule has 0 aliphatic carbocycles. The zero-order chi connectivity index (χ0) is 23.3. The van der Waals surface area contributed by atoms with E-state index in [1.807, 2.05) is 24.3 Å². The summed E-state index contributed by atoms with van der Waals surface area (Å²) in [6.45, 7) is 6.55. The smallest absolute Gasteiger partial charge is 0.247 e. The van der Waals surface area contributed by atoms with Gasteiger partial charge in [0.15, 0.2) is 5.65 Å². The van der Waals surface area contributed by atoms with Crippen LogP contribution in [0.15, 0.2) is 73.4 Å². The van der Waals surface area contributed by atoms with Gasteiger partial charge >= 0.3 is 0 Å². The number of rotatable bonds is 7. The molecule has 1 aliphatic rings. The number of benzene rings is 1. The van der Waals surface area contributed by atoms with Crippen LogP contribution in [0.5, 0.6) is 11.6 Å². The molecular weight excluding hydrogens is 434 g/mol. The normalized spacial score (nSPS) is 13.5. The van der Waals surface area contributed by atoms with E-state index in [2.05, 4.69) is 37.2 Å². The fraction of sp³-hybridized carbons (Fsp3) is 0.167. The van der Waals surface area contributed by atoms with Gasteiger partial charge in [-0.3, -0.25) is 4.79 Å². The molecule has 0 bridgehead atoms. The third kappa shape index (κ3) is 4.81. The molecule has 3 aromatic heterocycles. The van der Waals surface area contributed by atoms with Crippen LogP contribution in [0.2, 0.25) is 0 Å². The van der Waals surface area contributed by atoms with Gasteiger partial charge in [0.1, 0.15) is 11.6 Å². The topological polar surface area (TPSA) is 106 Å². The minimum atomic E-state index is -0.293. The summed E-state index contributed by atoms with van der Waals surface area (Å²) in [6, 6.07) is 16.5. The number of carbonyl (C=O) groups excluding carboxylic acids is 1. The number of amides is 1. The Morgan fingerprint density at radius 1 is 1.09 bits per heavy atom. The molecule has 172 valence electrons. The van der Waals surface area contributed by atoms with Crippen molar-refractivity contribution in [2.45, 2.75) is 0 Å². The molecule has 0 radical (unpaired) electrons. The molecule has 1 aliphatic heterocycles.